The van der Waals surface area contributed by atoms with E-state index in [9.17, 15) is 0 Å². The Morgan fingerprint density at radius 1 is 1.75 bits per heavy atom. The Balaban J connectivity index is 2.77. The van der Waals surface area contributed by atoms with Gasteiger partial charge < -0.3 is 5.32 Å². The minimum Gasteiger partial charge on any atom is -0.356 e. The number of halogens is 1. The van der Waals surface area contributed by atoms with Crippen molar-refractivity contribution in [3.05, 3.63) is 16.1 Å². The Kier molecular flexibility index (Phi) is 3.29. The van der Waals surface area contributed by atoms with Crippen LogP contribution in [0.5, 0.6) is 0 Å². The number of nitrogens with zero attached hydrogens (tertiary/aromatic N) is 2. The monoisotopic (exact) mass is 273 g/mol. The maximum atomic E-state index is 5.21. The van der Waals surface area contributed by atoms with Crippen LogP contribution >= 0.6 is 22.6 Å². The molecule has 0 saturated carbocycles. The van der Waals surface area contributed by atoms with Gasteiger partial charge in [0.05, 0.1) is 9.61 Å². The van der Waals surface area contributed by atoms with Crippen LogP contribution in [0.4, 0.5) is 5.82 Å². The Labute approximate surface area is 85.1 Å². The predicted molar refractivity (Wildman–Crippen MR) is 56.7 cm³/mol. The predicted octanol–water partition coefficient (Wildman–Crippen LogP) is 1.51. The zero-order valence-electron chi connectivity index (χ0n) is 6.58. The molecule has 1 N–H and O–H groups in total. The standard InChI is InChI=1S/C8H8IN3/c1-3-6(2)12-8-7(9)4-10-5-11-8/h1,4-6H,2H3,(H,10,11,12). The fraction of sp³-hybridized carbons (Fsp3) is 0.250. The summed E-state index contributed by atoms with van der Waals surface area (Å²) in [7, 11) is 0. The molecule has 0 aliphatic rings. The Morgan fingerprint density at radius 2 is 2.50 bits per heavy atom. The molecule has 0 aliphatic heterocycles. The number of terminal acetylenes is 1. The lowest BCUT2D eigenvalue weighted by Gasteiger charge is -2.08. The molecule has 0 fully saturated rings. The average Bonchev–Trinajstić information content (AvgIpc) is 2.09. The van der Waals surface area contributed by atoms with E-state index in [0.717, 1.165) is 9.39 Å². The van der Waals surface area contributed by atoms with E-state index in [0.29, 0.717) is 0 Å². The highest BCUT2D eigenvalue weighted by molar-refractivity contribution is 14.1. The number of rotatable bonds is 2. The maximum absolute atomic E-state index is 5.21. The lowest BCUT2D eigenvalue weighted by atomic mass is 10.3. The van der Waals surface area contributed by atoms with Crippen LogP contribution in [-0.4, -0.2) is 16.0 Å². The molecule has 1 unspecified atom stereocenters. The number of aromatic nitrogens is 2. The van der Waals surface area contributed by atoms with Crippen molar-refractivity contribution in [1.82, 2.24) is 9.97 Å². The third-order valence-corrected chi connectivity index (χ3v) is 2.06. The first-order chi connectivity index (χ1) is 5.74. The van der Waals surface area contributed by atoms with E-state index < -0.39 is 0 Å². The molecule has 1 rings (SSSR count). The van der Waals surface area contributed by atoms with E-state index in [1.165, 1.54) is 6.33 Å². The van der Waals surface area contributed by atoms with Gasteiger partial charge in [-0.2, -0.15) is 0 Å². The van der Waals surface area contributed by atoms with Crippen LogP contribution in [0, 0.1) is 15.9 Å². The molecule has 1 aromatic heterocycles. The summed E-state index contributed by atoms with van der Waals surface area (Å²) in [6.45, 7) is 1.90. The van der Waals surface area contributed by atoms with Crippen LogP contribution in [0.1, 0.15) is 6.92 Å². The zero-order valence-corrected chi connectivity index (χ0v) is 8.74. The molecule has 0 spiro atoms. The lowest BCUT2D eigenvalue weighted by molar-refractivity contribution is 0.998. The van der Waals surface area contributed by atoms with Crippen molar-refractivity contribution in [1.29, 1.82) is 0 Å². The van der Waals surface area contributed by atoms with Gasteiger partial charge in [-0.25, -0.2) is 9.97 Å². The van der Waals surface area contributed by atoms with Crippen LogP contribution in [0.2, 0.25) is 0 Å². The van der Waals surface area contributed by atoms with E-state index >= 15 is 0 Å². The van der Waals surface area contributed by atoms with Gasteiger partial charge in [0.2, 0.25) is 0 Å². The molecular formula is C8H8IN3. The molecule has 1 aromatic rings. The van der Waals surface area contributed by atoms with Crippen LogP contribution in [0.25, 0.3) is 0 Å². The van der Waals surface area contributed by atoms with Gasteiger partial charge in [-0.05, 0) is 29.5 Å². The number of anilines is 1. The van der Waals surface area contributed by atoms with Crippen molar-refractivity contribution >= 4 is 28.4 Å². The van der Waals surface area contributed by atoms with Crippen molar-refractivity contribution in [2.75, 3.05) is 5.32 Å². The van der Waals surface area contributed by atoms with Crippen molar-refractivity contribution < 1.29 is 0 Å². The van der Waals surface area contributed by atoms with E-state index in [-0.39, 0.29) is 6.04 Å². The minimum atomic E-state index is -0.00610. The first-order valence-corrected chi connectivity index (χ1v) is 4.50. The summed E-state index contributed by atoms with van der Waals surface area (Å²) in [4.78, 5) is 7.91. The normalized spacial score (nSPS) is 11.8. The first kappa shape index (κ1) is 9.26. The van der Waals surface area contributed by atoms with Gasteiger partial charge in [-0.15, -0.1) is 6.42 Å². The van der Waals surface area contributed by atoms with E-state index in [1.54, 1.807) is 6.20 Å². The maximum Gasteiger partial charge on any atom is 0.143 e. The Hall–Kier alpha value is -0.830. The molecule has 0 aromatic carbocycles. The third-order valence-electron chi connectivity index (χ3n) is 1.27. The molecule has 3 nitrogen and oxygen atoms in total. The van der Waals surface area contributed by atoms with Gasteiger partial charge in [0.15, 0.2) is 0 Å². The second-order valence-electron chi connectivity index (χ2n) is 2.25. The summed E-state index contributed by atoms with van der Waals surface area (Å²) < 4.78 is 0.970. The van der Waals surface area contributed by atoms with Crippen LogP contribution in [0.3, 0.4) is 0 Å². The summed E-state index contributed by atoms with van der Waals surface area (Å²) >= 11 is 2.15. The zero-order chi connectivity index (χ0) is 8.97. The molecule has 62 valence electrons. The van der Waals surface area contributed by atoms with Gasteiger partial charge in [-0.3, -0.25) is 0 Å². The molecule has 1 atom stereocenters. The number of nitrogens with one attached hydrogen (secondary N) is 1. The fourth-order valence-corrected chi connectivity index (χ4v) is 1.12. The van der Waals surface area contributed by atoms with E-state index in [2.05, 4.69) is 43.8 Å². The van der Waals surface area contributed by atoms with Crippen LogP contribution < -0.4 is 5.32 Å². The van der Waals surface area contributed by atoms with E-state index in [1.807, 2.05) is 6.92 Å². The van der Waals surface area contributed by atoms with Gasteiger partial charge in [0.25, 0.3) is 0 Å². The Bertz CT molecular complexity index is 305. The molecule has 1 heterocycles. The van der Waals surface area contributed by atoms with Gasteiger partial charge in [0.1, 0.15) is 12.1 Å². The molecular weight excluding hydrogens is 265 g/mol. The molecule has 0 radical (unpaired) electrons. The average molecular weight is 273 g/mol. The highest BCUT2D eigenvalue weighted by Crippen LogP contribution is 2.12. The van der Waals surface area contributed by atoms with Crippen LogP contribution in [0.15, 0.2) is 12.5 Å². The second-order valence-corrected chi connectivity index (χ2v) is 3.41. The fourth-order valence-electron chi connectivity index (χ4n) is 0.666. The van der Waals surface area contributed by atoms with E-state index in [4.69, 9.17) is 6.42 Å². The summed E-state index contributed by atoms with van der Waals surface area (Å²) in [6.07, 6.45) is 8.44. The highest BCUT2D eigenvalue weighted by Gasteiger charge is 2.01. The molecule has 12 heavy (non-hydrogen) atoms. The third kappa shape index (κ3) is 2.34. The minimum absolute atomic E-state index is 0.00610. The molecule has 0 saturated heterocycles. The summed E-state index contributed by atoms with van der Waals surface area (Å²) in [5.41, 5.74) is 0. The Morgan fingerprint density at radius 3 is 3.08 bits per heavy atom. The SMILES string of the molecule is C#CC(C)Nc1ncncc1I. The quantitative estimate of drug-likeness (QED) is 0.655. The molecule has 0 aliphatic carbocycles. The largest absolute Gasteiger partial charge is 0.356 e. The van der Waals surface area contributed by atoms with Gasteiger partial charge in [0, 0.05) is 6.20 Å². The van der Waals surface area contributed by atoms with Crippen LogP contribution in [-0.2, 0) is 0 Å². The molecule has 0 bridgehead atoms. The van der Waals surface area contributed by atoms with Gasteiger partial charge in [-0.1, -0.05) is 5.92 Å². The van der Waals surface area contributed by atoms with Crippen molar-refractivity contribution in [3.63, 3.8) is 0 Å². The van der Waals surface area contributed by atoms with Gasteiger partial charge >= 0.3 is 0 Å². The highest BCUT2D eigenvalue weighted by atomic mass is 127. The topological polar surface area (TPSA) is 37.8 Å². The second kappa shape index (κ2) is 4.26. The number of hydrogen-bond acceptors (Lipinski definition) is 3. The smallest absolute Gasteiger partial charge is 0.143 e. The van der Waals surface area contributed by atoms with Crippen molar-refractivity contribution in [2.45, 2.75) is 13.0 Å². The molecule has 0 amide bonds. The first-order valence-electron chi connectivity index (χ1n) is 3.42. The summed E-state index contributed by atoms with van der Waals surface area (Å²) in [5, 5.41) is 3.07. The summed E-state index contributed by atoms with van der Waals surface area (Å²) in [6, 6.07) is -0.00610. The van der Waals surface area contributed by atoms with Crippen molar-refractivity contribution in [3.8, 4) is 12.3 Å². The number of hydrogen-bond donors (Lipinski definition) is 1. The summed E-state index contributed by atoms with van der Waals surface area (Å²) in [5.74, 6) is 3.35. The van der Waals surface area contributed by atoms with Crippen molar-refractivity contribution in [2.24, 2.45) is 0 Å². The molecule has 4 heteroatoms. The lowest BCUT2D eigenvalue weighted by Crippen LogP contribution is -2.14.